The van der Waals surface area contributed by atoms with Crippen molar-refractivity contribution in [3.05, 3.63) is 102 Å². The molecule has 0 spiro atoms. The number of para-hydroxylation sites is 1. The fourth-order valence-electron chi connectivity index (χ4n) is 5.27. The SMILES string of the molecule is c1ccc(-c2nc3ccccc3c3c4cccc5c4c4c(cccc4c23)C5)cc1. The molecule has 1 heteroatoms. The molecular formula is C28H17N. The number of hydrogen-bond donors (Lipinski definition) is 0. The predicted molar refractivity (Wildman–Crippen MR) is 123 cm³/mol. The van der Waals surface area contributed by atoms with Crippen LogP contribution in [-0.4, -0.2) is 4.98 Å². The lowest BCUT2D eigenvalue weighted by molar-refractivity contribution is 1.27. The molecule has 134 valence electrons. The second kappa shape index (κ2) is 5.42. The van der Waals surface area contributed by atoms with Gasteiger partial charge in [0.05, 0.1) is 11.2 Å². The van der Waals surface area contributed by atoms with Crippen molar-refractivity contribution in [3.63, 3.8) is 0 Å². The Morgan fingerprint density at radius 2 is 1.10 bits per heavy atom. The lowest BCUT2D eigenvalue weighted by atomic mass is 9.90. The Bertz CT molecular complexity index is 1610. The van der Waals surface area contributed by atoms with Crippen molar-refractivity contribution in [1.82, 2.24) is 4.98 Å². The van der Waals surface area contributed by atoms with Gasteiger partial charge in [-0.1, -0.05) is 84.9 Å². The van der Waals surface area contributed by atoms with Gasteiger partial charge in [-0.25, -0.2) is 4.98 Å². The summed E-state index contributed by atoms with van der Waals surface area (Å²) in [6, 6.07) is 32.8. The van der Waals surface area contributed by atoms with E-state index in [1.807, 2.05) is 0 Å². The van der Waals surface area contributed by atoms with E-state index in [0.717, 1.165) is 17.6 Å². The Morgan fingerprint density at radius 3 is 1.86 bits per heavy atom. The minimum atomic E-state index is 1.02. The van der Waals surface area contributed by atoms with E-state index in [0.29, 0.717) is 0 Å². The molecule has 1 nitrogen and oxygen atoms in total. The Balaban J connectivity index is 1.88. The summed E-state index contributed by atoms with van der Waals surface area (Å²) in [5.74, 6) is 0. The number of hydrogen-bond acceptors (Lipinski definition) is 1. The summed E-state index contributed by atoms with van der Waals surface area (Å²) >= 11 is 0. The summed E-state index contributed by atoms with van der Waals surface area (Å²) in [6.45, 7) is 0. The zero-order chi connectivity index (χ0) is 18.9. The average Bonchev–Trinajstić information content (AvgIpc) is 3.17. The fraction of sp³-hybridized carbons (Fsp3) is 0.0357. The molecule has 0 saturated carbocycles. The van der Waals surface area contributed by atoms with E-state index in [9.17, 15) is 0 Å². The number of nitrogens with zero attached hydrogens (tertiary/aromatic N) is 1. The van der Waals surface area contributed by atoms with Gasteiger partial charge in [-0.05, 0) is 45.2 Å². The van der Waals surface area contributed by atoms with Crippen molar-refractivity contribution >= 4 is 43.2 Å². The Hall–Kier alpha value is -3.71. The predicted octanol–water partition coefficient (Wildman–Crippen LogP) is 7.27. The van der Waals surface area contributed by atoms with Crippen LogP contribution in [0.25, 0.3) is 54.5 Å². The van der Waals surface area contributed by atoms with Crippen LogP contribution < -0.4 is 0 Å². The van der Waals surface area contributed by atoms with Crippen LogP contribution in [0.5, 0.6) is 0 Å². The third kappa shape index (κ3) is 1.92. The standard InChI is InChI=1S/C28H17N/c1-2-8-17(9-3-1)28-27-22-14-7-11-19-16-18-10-6-13-21(24(18)25(19)22)26(27)20-12-4-5-15-23(20)29-28/h1-15H,16H2. The maximum absolute atomic E-state index is 5.18. The zero-order valence-corrected chi connectivity index (χ0v) is 15.8. The van der Waals surface area contributed by atoms with Gasteiger partial charge in [0.1, 0.15) is 0 Å². The largest absolute Gasteiger partial charge is 0.247 e. The Kier molecular flexibility index (Phi) is 2.85. The maximum atomic E-state index is 5.18. The molecule has 1 aliphatic rings. The average molecular weight is 367 g/mol. The quantitative estimate of drug-likeness (QED) is 0.278. The molecule has 0 amide bonds. The second-order valence-corrected chi connectivity index (χ2v) is 7.95. The van der Waals surface area contributed by atoms with Crippen LogP contribution in [0.4, 0.5) is 0 Å². The molecule has 0 fully saturated rings. The summed E-state index contributed by atoms with van der Waals surface area (Å²) in [5, 5.41) is 9.37. The molecule has 1 heterocycles. The summed E-state index contributed by atoms with van der Waals surface area (Å²) < 4.78 is 0. The summed E-state index contributed by atoms with van der Waals surface area (Å²) in [6.07, 6.45) is 1.02. The van der Waals surface area contributed by atoms with Gasteiger partial charge in [0.2, 0.25) is 0 Å². The van der Waals surface area contributed by atoms with E-state index in [1.165, 1.54) is 54.4 Å². The lowest BCUT2D eigenvalue weighted by Crippen LogP contribution is -1.92. The lowest BCUT2D eigenvalue weighted by Gasteiger charge is -2.16. The Morgan fingerprint density at radius 1 is 0.483 bits per heavy atom. The first-order chi connectivity index (χ1) is 14.4. The maximum Gasteiger partial charge on any atom is 0.0794 e. The highest BCUT2D eigenvalue weighted by atomic mass is 14.7. The molecule has 0 N–H and O–H groups in total. The highest BCUT2D eigenvalue weighted by Crippen LogP contribution is 2.47. The highest BCUT2D eigenvalue weighted by Gasteiger charge is 2.23. The van der Waals surface area contributed by atoms with E-state index < -0.39 is 0 Å². The van der Waals surface area contributed by atoms with Crippen molar-refractivity contribution in [2.75, 3.05) is 0 Å². The fourth-order valence-corrected chi connectivity index (χ4v) is 5.27. The second-order valence-electron chi connectivity index (χ2n) is 7.95. The number of fused-ring (bicyclic) bond motifs is 5. The van der Waals surface area contributed by atoms with Crippen molar-refractivity contribution < 1.29 is 0 Å². The van der Waals surface area contributed by atoms with Crippen LogP contribution in [0.2, 0.25) is 0 Å². The molecule has 29 heavy (non-hydrogen) atoms. The molecule has 0 bridgehead atoms. The first-order valence-electron chi connectivity index (χ1n) is 10.1. The minimum absolute atomic E-state index is 1.02. The van der Waals surface area contributed by atoms with Gasteiger partial charge < -0.3 is 0 Å². The molecule has 0 saturated heterocycles. The van der Waals surface area contributed by atoms with Gasteiger partial charge in [-0.2, -0.15) is 0 Å². The van der Waals surface area contributed by atoms with Crippen molar-refractivity contribution in [2.45, 2.75) is 6.42 Å². The molecule has 0 aliphatic heterocycles. The van der Waals surface area contributed by atoms with Crippen LogP contribution in [-0.2, 0) is 6.42 Å². The van der Waals surface area contributed by atoms with Crippen LogP contribution in [0.1, 0.15) is 11.1 Å². The first-order valence-corrected chi connectivity index (χ1v) is 10.1. The molecule has 0 unspecified atom stereocenters. The number of pyridine rings is 1. The van der Waals surface area contributed by atoms with Gasteiger partial charge >= 0.3 is 0 Å². The smallest absolute Gasteiger partial charge is 0.0794 e. The van der Waals surface area contributed by atoms with Crippen molar-refractivity contribution in [3.8, 4) is 11.3 Å². The number of rotatable bonds is 1. The van der Waals surface area contributed by atoms with Gasteiger partial charge in [0.25, 0.3) is 0 Å². The molecule has 1 aromatic heterocycles. The van der Waals surface area contributed by atoms with Crippen LogP contribution in [0, 0.1) is 0 Å². The molecule has 5 aromatic carbocycles. The third-order valence-electron chi connectivity index (χ3n) is 6.41. The van der Waals surface area contributed by atoms with Gasteiger partial charge in [-0.3, -0.25) is 0 Å². The van der Waals surface area contributed by atoms with Crippen molar-refractivity contribution in [1.29, 1.82) is 0 Å². The van der Waals surface area contributed by atoms with Crippen LogP contribution in [0.15, 0.2) is 91.0 Å². The van der Waals surface area contributed by atoms with Gasteiger partial charge in [-0.15, -0.1) is 0 Å². The molecule has 0 atom stereocenters. The van der Waals surface area contributed by atoms with Crippen LogP contribution >= 0.6 is 0 Å². The van der Waals surface area contributed by atoms with Gasteiger partial charge in [0.15, 0.2) is 0 Å². The Labute approximate surface area is 168 Å². The monoisotopic (exact) mass is 367 g/mol. The molecule has 6 aromatic rings. The summed E-state index contributed by atoms with van der Waals surface area (Å²) in [5.41, 5.74) is 6.18. The van der Waals surface area contributed by atoms with Crippen LogP contribution in [0.3, 0.4) is 0 Å². The highest BCUT2D eigenvalue weighted by molar-refractivity contribution is 6.35. The topological polar surface area (TPSA) is 12.9 Å². The van der Waals surface area contributed by atoms with Crippen molar-refractivity contribution in [2.24, 2.45) is 0 Å². The normalized spacial score (nSPS) is 12.7. The molecule has 7 rings (SSSR count). The molecular weight excluding hydrogens is 350 g/mol. The molecule has 1 aliphatic carbocycles. The molecule has 0 radical (unpaired) electrons. The minimum Gasteiger partial charge on any atom is -0.247 e. The summed E-state index contributed by atoms with van der Waals surface area (Å²) in [4.78, 5) is 5.18. The third-order valence-corrected chi connectivity index (χ3v) is 6.41. The number of aromatic nitrogens is 1. The van der Waals surface area contributed by atoms with E-state index in [1.54, 1.807) is 0 Å². The van der Waals surface area contributed by atoms with E-state index >= 15 is 0 Å². The first kappa shape index (κ1) is 15.2. The van der Waals surface area contributed by atoms with E-state index in [2.05, 4.69) is 91.0 Å². The number of benzene rings is 5. The zero-order valence-electron chi connectivity index (χ0n) is 15.8. The summed E-state index contributed by atoms with van der Waals surface area (Å²) in [7, 11) is 0. The van der Waals surface area contributed by atoms with Gasteiger partial charge in [0, 0.05) is 21.7 Å². The van der Waals surface area contributed by atoms with E-state index in [4.69, 9.17) is 4.98 Å². The van der Waals surface area contributed by atoms with E-state index in [-0.39, 0.29) is 0 Å².